The number of carbonyl (C=O) groups excluding carboxylic acids is 1. The maximum atomic E-state index is 11.3. The molecule has 1 aliphatic rings. The summed E-state index contributed by atoms with van der Waals surface area (Å²) in [4.78, 5) is 16.9. The summed E-state index contributed by atoms with van der Waals surface area (Å²) in [5, 5.41) is 11.3. The highest BCUT2D eigenvalue weighted by molar-refractivity contribution is 8.00. The van der Waals surface area contributed by atoms with Gasteiger partial charge in [0.15, 0.2) is 11.5 Å². The Morgan fingerprint density at radius 3 is 2.52 bits per heavy atom. The number of carbonyl (C=O) groups is 1. The molecule has 5 nitrogen and oxygen atoms in total. The monoisotopic (exact) mass is 384 g/mol. The lowest BCUT2D eigenvalue weighted by atomic mass is 9.87. The van der Waals surface area contributed by atoms with Crippen molar-refractivity contribution in [2.45, 2.75) is 30.7 Å². The minimum Gasteiger partial charge on any atom is -0.545 e. The van der Waals surface area contributed by atoms with Crippen molar-refractivity contribution in [3.8, 4) is 11.5 Å². The maximum Gasteiger partial charge on any atom is 0.161 e. The lowest BCUT2D eigenvalue weighted by Crippen LogP contribution is -2.30. The minimum absolute atomic E-state index is 0.200. The number of methoxy groups -OCH3 is 2. The number of hydrogen-bond donors (Lipinski definition) is 0. The van der Waals surface area contributed by atoms with Crippen LogP contribution in [-0.4, -0.2) is 37.2 Å². The van der Waals surface area contributed by atoms with Gasteiger partial charge in [-0.2, -0.15) is 0 Å². The van der Waals surface area contributed by atoms with Crippen LogP contribution in [0.15, 0.2) is 46.3 Å². The van der Waals surface area contributed by atoms with Gasteiger partial charge in [0.1, 0.15) is 0 Å². The fourth-order valence-electron chi connectivity index (χ4n) is 3.28. The topological polar surface area (TPSA) is 71.0 Å². The standard InChI is InChI=1S/C21H23NO4S/c1-21(2)11-13-9-17(25-3)18(26-4)10-15(13)16(22-21)12-27-19-8-6-5-7-14(19)20(23)24/h5-10H,11-12H2,1-4H3,(H,23,24)/p-1. The van der Waals surface area contributed by atoms with Gasteiger partial charge in [-0.15, -0.1) is 11.8 Å². The van der Waals surface area contributed by atoms with Crippen molar-refractivity contribution in [1.82, 2.24) is 0 Å². The Kier molecular flexibility index (Phi) is 5.46. The first-order chi connectivity index (χ1) is 12.8. The molecular formula is C21H22NO4S-. The minimum atomic E-state index is -1.17. The van der Waals surface area contributed by atoms with Crippen molar-refractivity contribution in [3.63, 3.8) is 0 Å². The molecule has 0 saturated heterocycles. The first kappa shape index (κ1) is 19.3. The summed E-state index contributed by atoms with van der Waals surface area (Å²) in [6.07, 6.45) is 0.798. The molecule has 0 radical (unpaired) electrons. The summed E-state index contributed by atoms with van der Waals surface area (Å²) in [5.74, 6) is 0.735. The number of rotatable bonds is 6. The van der Waals surface area contributed by atoms with Crippen LogP contribution in [0.1, 0.15) is 35.3 Å². The molecular weight excluding hydrogens is 362 g/mol. The number of thioether (sulfide) groups is 1. The normalized spacial score (nSPS) is 14.9. The summed E-state index contributed by atoms with van der Waals surface area (Å²) >= 11 is 1.45. The zero-order chi connectivity index (χ0) is 19.6. The Morgan fingerprint density at radius 2 is 1.85 bits per heavy atom. The summed E-state index contributed by atoms with van der Waals surface area (Å²) < 4.78 is 10.9. The fraction of sp³-hybridized carbons (Fsp3) is 0.333. The molecule has 0 bridgehead atoms. The summed E-state index contributed by atoms with van der Waals surface area (Å²) in [6.45, 7) is 4.18. The summed E-state index contributed by atoms with van der Waals surface area (Å²) in [7, 11) is 3.23. The Bertz CT molecular complexity index is 905. The second-order valence-electron chi connectivity index (χ2n) is 6.98. The van der Waals surface area contributed by atoms with Crippen LogP contribution >= 0.6 is 11.8 Å². The van der Waals surface area contributed by atoms with E-state index in [2.05, 4.69) is 13.8 Å². The van der Waals surface area contributed by atoms with Gasteiger partial charge in [-0.3, -0.25) is 4.99 Å². The highest BCUT2D eigenvalue weighted by Gasteiger charge is 2.28. The smallest absolute Gasteiger partial charge is 0.161 e. The van der Waals surface area contributed by atoms with Crippen LogP contribution in [0, 0.1) is 0 Å². The third kappa shape index (κ3) is 4.11. The van der Waals surface area contributed by atoms with Gasteiger partial charge in [-0.1, -0.05) is 18.2 Å². The Morgan fingerprint density at radius 1 is 1.19 bits per heavy atom. The lowest BCUT2D eigenvalue weighted by Gasteiger charge is -2.30. The molecule has 0 aromatic heterocycles. The number of aliphatic imine (C=N–C) groups is 1. The number of carboxylic acids is 1. The molecule has 3 rings (SSSR count). The molecule has 2 aromatic carbocycles. The Hall–Kier alpha value is -2.47. The first-order valence-electron chi connectivity index (χ1n) is 8.62. The van der Waals surface area contributed by atoms with E-state index in [1.165, 1.54) is 11.8 Å². The molecule has 0 unspecified atom stereocenters. The van der Waals surface area contributed by atoms with Crippen molar-refractivity contribution < 1.29 is 19.4 Å². The van der Waals surface area contributed by atoms with Crippen LogP contribution in [0.3, 0.4) is 0 Å². The quantitative estimate of drug-likeness (QED) is 0.716. The highest BCUT2D eigenvalue weighted by atomic mass is 32.2. The van der Waals surface area contributed by atoms with E-state index in [0.717, 1.165) is 23.3 Å². The number of fused-ring (bicyclic) bond motifs is 1. The first-order valence-corrected chi connectivity index (χ1v) is 9.60. The van der Waals surface area contributed by atoms with Gasteiger partial charge in [0.2, 0.25) is 0 Å². The molecule has 27 heavy (non-hydrogen) atoms. The molecule has 0 saturated carbocycles. The van der Waals surface area contributed by atoms with E-state index in [1.807, 2.05) is 18.2 Å². The maximum absolute atomic E-state index is 11.3. The average Bonchev–Trinajstić information content (AvgIpc) is 2.64. The molecule has 0 aliphatic carbocycles. The molecule has 6 heteroatoms. The Balaban J connectivity index is 1.96. The number of carboxylic acid groups (broad SMARTS) is 1. The van der Waals surface area contributed by atoms with E-state index >= 15 is 0 Å². The molecule has 0 N–H and O–H groups in total. The van der Waals surface area contributed by atoms with Crippen molar-refractivity contribution >= 4 is 23.4 Å². The van der Waals surface area contributed by atoms with Crippen molar-refractivity contribution in [3.05, 3.63) is 53.1 Å². The molecule has 0 spiro atoms. The third-order valence-corrected chi connectivity index (χ3v) is 5.54. The number of benzene rings is 2. The van der Waals surface area contributed by atoms with Crippen molar-refractivity contribution in [2.24, 2.45) is 4.99 Å². The molecule has 0 fully saturated rings. The average molecular weight is 384 g/mol. The summed E-state index contributed by atoms with van der Waals surface area (Å²) in [5.41, 5.74) is 3.05. The van der Waals surface area contributed by atoms with E-state index < -0.39 is 5.97 Å². The van der Waals surface area contributed by atoms with Crippen LogP contribution in [-0.2, 0) is 6.42 Å². The summed E-state index contributed by atoms with van der Waals surface area (Å²) in [6, 6.07) is 10.8. The molecule has 1 heterocycles. The number of aromatic carboxylic acids is 1. The number of nitrogens with zero attached hydrogens (tertiary/aromatic N) is 1. The van der Waals surface area contributed by atoms with Gasteiger partial charge in [-0.05, 0) is 44.0 Å². The van der Waals surface area contributed by atoms with Gasteiger partial charge in [-0.25, -0.2) is 0 Å². The van der Waals surface area contributed by atoms with Gasteiger partial charge in [0.05, 0.1) is 31.4 Å². The van der Waals surface area contributed by atoms with Crippen molar-refractivity contribution in [2.75, 3.05) is 20.0 Å². The predicted molar refractivity (Wildman–Crippen MR) is 105 cm³/mol. The number of hydrogen-bond acceptors (Lipinski definition) is 6. The molecule has 1 aliphatic heterocycles. The van der Waals surface area contributed by atoms with Crippen LogP contribution in [0.5, 0.6) is 11.5 Å². The second-order valence-corrected chi connectivity index (χ2v) is 8.00. The second kappa shape index (κ2) is 7.64. The Labute approximate surface area is 163 Å². The van der Waals surface area contributed by atoms with E-state index in [9.17, 15) is 9.90 Å². The molecule has 2 aromatic rings. The van der Waals surface area contributed by atoms with E-state index in [4.69, 9.17) is 14.5 Å². The van der Waals surface area contributed by atoms with Crippen LogP contribution in [0.25, 0.3) is 0 Å². The zero-order valence-electron chi connectivity index (χ0n) is 15.9. The molecule has 0 amide bonds. The lowest BCUT2D eigenvalue weighted by molar-refractivity contribution is -0.255. The van der Waals surface area contributed by atoms with Crippen LogP contribution in [0.2, 0.25) is 0 Å². The zero-order valence-corrected chi connectivity index (χ0v) is 16.7. The van der Waals surface area contributed by atoms with E-state index in [1.54, 1.807) is 32.4 Å². The van der Waals surface area contributed by atoms with Gasteiger partial charge in [0, 0.05) is 21.8 Å². The van der Waals surface area contributed by atoms with E-state index in [0.29, 0.717) is 22.1 Å². The highest BCUT2D eigenvalue weighted by Crippen LogP contribution is 2.37. The molecule has 0 atom stereocenters. The fourth-order valence-corrected chi connectivity index (χ4v) is 4.28. The van der Waals surface area contributed by atoms with E-state index in [-0.39, 0.29) is 11.1 Å². The van der Waals surface area contributed by atoms with Gasteiger partial charge in [0.25, 0.3) is 0 Å². The largest absolute Gasteiger partial charge is 0.545 e. The van der Waals surface area contributed by atoms with Gasteiger partial charge < -0.3 is 19.4 Å². The molecule has 142 valence electrons. The SMILES string of the molecule is COc1cc2c(cc1OC)C(CSc1ccccc1C(=O)[O-])=NC(C)(C)C2. The van der Waals surface area contributed by atoms with Crippen molar-refractivity contribution in [1.29, 1.82) is 0 Å². The third-order valence-electron chi connectivity index (χ3n) is 4.45. The predicted octanol–water partition coefficient (Wildman–Crippen LogP) is 2.98. The van der Waals surface area contributed by atoms with Crippen LogP contribution < -0.4 is 14.6 Å². The van der Waals surface area contributed by atoms with Gasteiger partial charge >= 0.3 is 0 Å². The number of ether oxygens (including phenoxy) is 2. The van der Waals surface area contributed by atoms with Crippen LogP contribution in [0.4, 0.5) is 0 Å².